The number of piperidine rings is 2. The lowest BCUT2D eigenvalue weighted by molar-refractivity contribution is -0.119. The summed E-state index contributed by atoms with van der Waals surface area (Å²) >= 11 is 0. The Morgan fingerprint density at radius 1 is 0.742 bits per heavy atom. The van der Waals surface area contributed by atoms with Gasteiger partial charge in [0.15, 0.2) is 0 Å². The van der Waals surface area contributed by atoms with Crippen molar-refractivity contribution in [2.24, 2.45) is 11.8 Å². The normalized spacial score (nSPS) is 31.6. The highest BCUT2D eigenvalue weighted by atomic mass is 16.3. The highest BCUT2D eigenvalue weighted by Gasteiger charge is 2.48. The number of benzene rings is 1. The van der Waals surface area contributed by atoms with Crippen LogP contribution in [0.1, 0.15) is 89.7 Å². The quantitative estimate of drug-likeness (QED) is 0.668. The van der Waals surface area contributed by atoms with Crippen LogP contribution in [0, 0.1) is 11.8 Å². The molecule has 1 N–H and O–H groups in total. The molecule has 1 aromatic rings. The number of hydrogen-bond donors (Lipinski definition) is 1. The average Bonchev–Trinajstić information content (AvgIpc) is 2.77. The lowest BCUT2D eigenvalue weighted by Gasteiger charge is -2.50. The smallest absolute Gasteiger partial charge is 0.0976 e. The molecule has 2 aliphatic heterocycles. The van der Waals surface area contributed by atoms with Crippen molar-refractivity contribution in [1.82, 2.24) is 9.80 Å². The molecule has 31 heavy (non-hydrogen) atoms. The van der Waals surface area contributed by atoms with Crippen LogP contribution in [0.25, 0.3) is 0 Å². The largest absolute Gasteiger partial charge is 0.384 e. The van der Waals surface area contributed by atoms with Crippen LogP contribution in [-0.2, 0) is 11.0 Å². The predicted octanol–water partition coefficient (Wildman–Crippen LogP) is 5.56. The van der Waals surface area contributed by atoms with E-state index in [0.29, 0.717) is 11.8 Å². The highest BCUT2D eigenvalue weighted by molar-refractivity contribution is 5.32. The molecule has 1 aromatic carbocycles. The van der Waals surface area contributed by atoms with Crippen LogP contribution in [0.4, 0.5) is 0 Å². The Hall–Kier alpha value is -0.900. The van der Waals surface area contributed by atoms with E-state index in [-0.39, 0.29) is 5.41 Å². The van der Waals surface area contributed by atoms with Gasteiger partial charge in [0.1, 0.15) is 0 Å². The van der Waals surface area contributed by atoms with Gasteiger partial charge in [-0.1, -0.05) is 64.3 Å². The van der Waals surface area contributed by atoms with Gasteiger partial charge in [0.25, 0.3) is 0 Å². The Bertz CT molecular complexity index is 652. The second-order valence-electron chi connectivity index (χ2n) is 11.7. The van der Waals surface area contributed by atoms with E-state index in [2.05, 4.69) is 54.8 Å². The molecule has 3 aliphatic rings. The second-order valence-corrected chi connectivity index (χ2v) is 11.7. The first-order valence-electron chi connectivity index (χ1n) is 13.2. The Balaban J connectivity index is 1.61. The maximum absolute atomic E-state index is 12.6. The van der Waals surface area contributed by atoms with Crippen LogP contribution in [0.3, 0.4) is 0 Å². The maximum atomic E-state index is 12.6. The van der Waals surface area contributed by atoms with Crippen molar-refractivity contribution in [1.29, 1.82) is 0 Å². The van der Waals surface area contributed by atoms with Gasteiger partial charge in [-0.05, 0) is 81.2 Å². The molecule has 3 nitrogen and oxygen atoms in total. The van der Waals surface area contributed by atoms with Gasteiger partial charge >= 0.3 is 0 Å². The lowest BCUT2D eigenvalue weighted by atomic mass is 9.64. The molecule has 174 valence electrons. The average molecular weight is 427 g/mol. The molecule has 1 aliphatic carbocycles. The first-order valence-corrected chi connectivity index (χ1v) is 13.2. The topological polar surface area (TPSA) is 26.7 Å². The SMILES string of the molecule is CC(C)(C)c1ccc(C2(O)C(CN3CCCCC3)CCCC2CN2CCCCC2)cc1. The van der Waals surface area contributed by atoms with Gasteiger partial charge in [0.05, 0.1) is 5.60 Å². The van der Waals surface area contributed by atoms with E-state index in [1.807, 2.05) is 0 Å². The molecule has 2 heterocycles. The Morgan fingerprint density at radius 3 is 1.61 bits per heavy atom. The summed E-state index contributed by atoms with van der Waals surface area (Å²) < 4.78 is 0. The van der Waals surface area contributed by atoms with Crippen molar-refractivity contribution in [2.75, 3.05) is 39.3 Å². The van der Waals surface area contributed by atoms with Crippen LogP contribution >= 0.6 is 0 Å². The Labute approximate surface area is 191 Å². The molecule has 3 heteroatoms. The number of likely N-dealkylation sites (tertiary alicyclic amines) is 2. The van der Waals surface area contributed by atoms with E-state index >= 15 is 0 Å². The van der Waals surface area contributed by atoms with Crippen molar-refractivity contribution in [3.8, 4) is 0 Å². The summed E-state index contributed by atoms with van der Waals surface area (Å²) in [5.74, 6) is 0.684. The second kappa shape index (κ2) is 9.93. The molecule has 0 aromatic heterocycles. The zero-order valence-electron chi connectivity index (χ0n) is 20.4. The third-order valence-electron chi connectivity index (χ3n) is 8.42. The molecule has 0 amide bonds. The third-order valence-corrected chi connectivity index (χ3v) is 8.42. The van der Waals surface area contributed by atoms with E-state index < -0.39 is 5.60 Å². The molecule has 3 fully saturated rings. The van der Waals surface area contributed by atoms with Crippen LogP contribution < -0.4 is 0 Å². The molecule has 0 radical (unpaired) electrons. The predicted molar refractivity (Wildman–Crippen MR) is 130 cm³/mol. The fraction of sp³-hybridized carbons (Fsp3) is 0.786. The van der Waals surface area contributed by atoms with Crippen LogP contribution in [0.15, 0.2) is 24.3 Å². The standard InChI is InChI=1S/C28H46N2O/c1-27(2,3)23-13-15-24(16-14-23)28(31)25(21-29-17-6-4-7-18-29)11-10-12-26(28)22-30-19-8-5-9-20-30/h13-16,25-26,31H,4-12,17-22H2,1-3H3. The van der Waals surface area contributed by atoms with Crippen molar-refractivity contribution < 1.29 is 5.11 Å². The van der Waals surface area contributed by atoms with Crippen molar-refractivity contribution in [3.63, 3.8) is 0 Å². The highest BCUT2D eigenvalue weighted by Crippen LogP contribution is 2.47. The van der Waals surface area contributed by atoms with Crippen molar-refractivity contribution >= 4 is 0 Å². The van der Waals surface area contributed by atoms with E-state index in [0.717, 1.165) is 25.9 Å². The van der Waals surface area contributed by atoms with Gasteiger partial charge < -0.3 is 14.9 Å². The minimum Gasteiger partial charge on any atom is -0.384 e. The van der Waals surface area contributed by atoms with E-state index in [1.54, 1.807) is 0 Å². The van der Waals surface area contributed by atoms with Crippen LogP contribution in [0.5, 0.6) is 0 Å². The summed E-state index contributed by atoms with van der Waals surface area (Å²) in [5, 5.41) is 12.6. The Kier molecular flexibility index (Phi) is 7.45. The van der Waals surface area contributed by atoms with E-state index in [1.165, 1.54) is 82.3 Å². The maximum Gasteiger partial charge on any atom is 0.0976 e. The molecule has 0 bridgehead atoms. The zero-order chi connectivity index (χ0) is 21.9. The molecular weight excluding hydrogens is 380 g/mol. The summed E-state index contributed by atoms with van der Waals surface area (Å²) in [7, 11) is 0. The summed E-state index contributed by atoms with van der Waals surface area (Å²) in [6.45, 7) is 13.8. The number of nitrogens with zero attached hydrogens (tertiary/aromatic N) is 2. The molecular formula is C28H46N2O. The minimum atomic E-state index is -0.705. The van der Waals surface area contributed by atoms with E-state index in [9.17, 15) is 5.11 Å². The summed E-state index contributed by atoms with van der Waals surface area (Å²) in [6.07, 6.45) is 11.6. The fourth-order valence-corrected chi connectivity index (χ4v) is 6.46. The van der Waals surface area contributed by atoms with Crippen molar-refractivity contribution in [2.45, 2.75) is 89.6 Å². The number of rotatable bonds is 5. The van der Waals surface area contributed by atoms with Crippen LogP contribution in [0.2, 0.25) is 0 Å². The molecule has 2 saturated heterocycles. The fourth-order valence-electron chi connectivity index (χ4n) is 6.46. The first-order chi connectivity index (χ1) is 14.9. The molecule has 0 spiro atoms. The summed E-state index contributed by atoms with van der Waals surface area (Å²) in [5.41, 5.74) is 1.97. The van der Waals surface area contributed by atoms with Gasteiger partial charge in [-0.25, -0.2) is 0 Å². The van der Waals surface area contributed by atoms with Crippen LogP contribution in [-0.4, -0.2) is 54.2 Å². The molecule has 4 rings (SSSR count). The monoisotopic (exact) mass is 426 g/mol. The lowest BCUT2D eigenvalue weighted by Crippen LogP contribution is -2.53. The number of hydrogen-bond acceptors (Lipinski definition) is 3. The number of aliphatic hydroxyl groups is 1. The molecule has 2 unspecified atom stereocenters. The van der Waals surface area contributed by atoms with Gasteiger partial charge in [-0.3, -0.25) is 0 Å². The van der Waals surface area contributed by atoms with Crippen molar-refractivity contribution in [3.05, 3.63) is 35.4 Å². The third kappa shape index (κ3) is 5.37. The van der Waals surface area contributed by atoms with Gasteiger partial charge in [0, 0.05) is 24.9 Å². The Morgan fingerprint density at radius 2 is 1.19 bits per heavy atom. The zero-order valence-corrected chi connectivity index (χ0v) is 20.4. The van der Waals surface area contributed by atoms with Gasteiger partial charge in [0.2, 0.25) is 0 Å². The van der Waals surface area contributed by atoms with E-state index in [4.69, 9.17) is 0 Å². The summed E-state index contributed by atoms with van der Waals surface area (Å²) in [6, 6.07) is 9.08. The molecule has 2 atom stereocenters. The summed E-state index contributed by atoms with van der Waals surface area (Å²) in [4.78, 5) is 5.29. The minimum absolute atomic E-state index is 0.147. The van der Waals surface area contributed by atoms with Gasteiger partial charge in [-0.2, -0.15) is 0 Å². The van der Waals surface area contributed by atoms with Gasteiger partial charge in [-0.15, -0.1) is 0 Å². The first kappa shape index (κ1) is 23.3. The molecule has 1 saturated carbocycles.